The van der Waals surface area contributed by atoms with Crippen LogP contribution in [0.2, 0.25) is 0 Å². The molecule has 1 aliphatic rings. The molecule has 2 N–H and O–H groups in total. The van der Waals surface area contributed by atoms with Gasteiger partial charge in [-0.15, -0.1) is 0 Å². The van der Waals surface area contributed by atoms with Crippen LogP contribution in [0, 0.1) is 5.92 Å². The summed E-state index contributed by atoms with van der Waals surface area (Å²) >= 11 is 1.85. The average Bonchev–Trinajstić information content (AvgIpc) is 3.04. The zero-order valence-corrected chi connectivity index (χ0v) is 10.7. The highest BCUT2D eigenvalue weighted by Gasteiger charge is 2.33. The fourth-order valence-electron chi connectivity index (χ4n) is 1.45. The molecule has 2 rings (SSSR count). The second-order valence-electron chi connectivity index (χ2n) is 4.44. The van der Waals surface area contributed by atoms with Crippen molar-refractivity contribution in [1.29, 1.82) is 0 Å². The van der Waals surface area contributed by atoms with E-state index in [-0.39, 0.29) is 6.04 Å². The van der Waals surface area contributed by atoms with Crippen molar-refractivity contribution in [2.45, 2.75) is 50.2 Å². The van der Waals surface area contributed by atoms with Crippen LogP contribution in [0.4, 0.5) is 0 Å². The number of hydrogen-bond donors (Lipinski definition) is 1. The molecule has 2 unspecified atom stereocenters. The molecule has 1 fully saturated rings. The van der Waals surface area contributed by atoms with Gasteiger partial charge in [-0.05, 0) is 25.2 Å². The normalized spacial score (nSPS) is 19.7. The molecule has 90 valence electrons. The summed E-state index contributed by atoms with van der Waals surface area (Å²) in [6.45, 7) is 4.39. The van der Waals surface area contributed by atoms with E-state index in [2.05, 4.69) is 24.0 Å². The molecule has 0 saturated heterocycles. The van der Waals surface area contributed by atoms with Gasteiger partial charge in [0.1, 0.15) is 0 Å². The standard InChI is InChI=1S/C11H19N3OS/c1-3-7(2)16-6-9-13-11(15-14-9)10(12)8-4-5-8/h7-8,10H,3-6,12H2,1-2H3. The van der Waals surface area contributed by atoms with Crippen molar-refractivity contribution in [3.8, 4) is 0 Å². The maximum Gasteiger partial charge on any atom is 0.243 e. The van der Waals surface area contributed by atoms with Gasteiger partial charge in [-0.1, -0.05) is 19.0 Å². The summed E-state index contributed by atoms with van der Waals surface area (Å²) < 4.78 is 5.19. The molecular formula is C11H19N3OS. The van der Waals surface area contributed by atoms with Crippen LogP contribution in [0.25, 0.3) is 0 Å². The summed E-state index contributed by atoms with van der Waals surface area (Å²) in [7, 11) is 0. The Labute approximate surface area is 100 Å². The minimum absolute atomic E-state index is 0.0464. The minimum Gasteiger partial charge on any atom is -0.338 e. The Morgan fingerprint density at radius 3 is 2.94 bits per heavy atom. The predicted molar refractivity (Wildman–Crippen MR) is 65.0 cm³/mol. The highest BCUT2D eigenvalue weighted by Crippen LogP contribution is 2.38. The van der Waals surface area contributed by atoms with Crippen LogP contribution in [0.1, 0.15) is 50.9 Å². The van der Waals surface area contributed by atoms with Crippen LogP contribution in [0.5, 0.6) is 0 Å². The molecule has 16 heavy (non-hydrogen) atoms. The molecule has 2 atom stereocenters. The largest absolute Gasteiger partial charge is 0.338 e. The second kappa shape index (κ2) is 5.19. The lowest BCUT2D eigenvalue weighted by molar-refractivity contribution is 0.341. The number of nitrogens with two attached hydrogens (primary N) is 1. The number of hydrogen-bond acceptors (Lipinski definition) is 5. The Balaban J connectivity index is 1.86. The summed E-state index contributed by atoms with van der Waals surface area (Å²) in [5.41, 5.74) is 5.99. The Kier molecular flexibility index (Phi) is 3.86. The number of nitrogens with zero attached hydrogens (tertiary/aromatic N) is 2. The fourth-order valence-corrected chi connectivity index (χ4v) is 2.24. The van der Waals surface area contributed by atoms with E-state index in [0.29, 0.717) is 17.1 Å². The van der Waals surface area contributed by atoms with Crippen LogP contribution in [0.15, 0.2) is 4.52 Å². The Bertz CT molecular complexity index is 338. The first kappa shape index (κ1) is 11.9. The molecule has 0 radical (unpaired) electrons. The second-order valence-corrected chi connectivity index (χ2v) is 5.87. The lowest BCUT2D eigenvalue weighted by atomic mass is 10.2. The highest BCUT2D eigenvalue weighted by molar-refractivity contribution is 7.99. The van der Waals surface area contributed by atoms with E-state index in [9.17, 15) is 0 Å². The van der Waals surface area contributed by atoms with E-state index >= 15 is 0 Å². The predicted octanol–water partition coefficient (Wildman–Crippen LogP) is 2.51. The van der Waals surface area contributed by atoms with Gasteiger partial charge < -0.3 is 10.3 Å². The van der Waals surface area contributed by atoms with Crippen LogP contribution in [0.3, 0.4) is 0 Å². The van der Waals surface area contributed by atoms with Gasteiger partial charge in [-0.25, -0.2) is 0 Å². The van der Waals surface area contributed by atoms with Crippen molar-refractivity contribution >= 4 is 11.8 Å². The molecule has 0 bridgehead atoms. The third-order valence-electron chi connectivity index (χ3n) is 2.97. The van der Waals surface area contributed by atoms with Crippen LogP contribution in [-0.4, -0.2) is 15.4 Å². The van der Waals surface area contributed by atoms with E-state index in [1.807, 2.05) is 11.8 Å². The van der Waals surface area contributed by atoms with Gasteiger partial charge in [0.15, 0.2) is 5.82 Å². The highest BCUT2D eigenvalue weighted by atomic mass is 32.2. The van der Waals surface area contributed by atoms with E-state index in [0.717, 1.165) is 18.0 Å². The Morgan fingerprint density at radius 2 is 2.31 bits per heavy atom. The van der Waals surface area contributed by atoms with Gasteiger partial charge in [-0.2, -0.15) is 16.7 Å². The molecule has 5 heteroatoms. The first-order chi connectivity index (χ1) is 7.70. The summed E-state index contributed by atoms with van der Waals surface area (Å²) in [6, 6.07) is -0.0464. The van der Waals surface area contributed by atoms with Crippen molar-refractivity contribution in [3.05, 3.63) is 11.7 Å². The average molecular weight is 241 g/mol. The third kappa shape index (κ3) is 2.98. The lowest BCUT2D eigenvalue weighted by Gasteiger charge is -2.04. The summed E-state index contributed by atoms with van der Waals surface area (Å²) in [5, 5.41) is 4.60. The molecule has 0 spiro atoms. The monoisotopic (exact) mass is 241 g/mol. The van der Waals surface area contributed by atoms with Gasteiger partial charge in [0.05, 0.1) is 11.8 Å². The molecule has 1 aromatic rings. The van der Waals surface area contributed by atoms with Crippen molar-refractivity contribution in [1.82, 2.24) is 10.1 Å². The van der Waals surface area contributed by atoms with Crippen molar-refractivity contribution < 1.29 is 4.52 Å². The van der Waals surface area contributed by atoms with E-state index in [1.165, 1.54) is 12.8 Å². The van der Waals surface area contributed by atoms with Gasteiger partial charge in [0, 0.05) is 5.25 Å². The van der Waals surface area contributed by atoms with E-state index in [4.69, 9.17) is 10.3 Å². The fraction of sp³-hybridized carbons (Fsp3) is 0.818. The maximum atomic E-state index is 5.99. The van der Waals surface area contributed by atoms with E-state index < -0.39 is 0 Å². The first-order valence-corrected chi connectivity index (χ1v) is 6.95. The number of aromatic nitrogens is 2. The summed E-state index contributed by atoms with van der Waals surface area (Å²) in [5.74, 6) is 2.77. The van der Waals surface area contributed by atoms with E-state index in [1.54, 1.807) is 0 Å². The zero-order valence-electron chi connectivity index (χ0n) is 9.85. The SMILES string of the molecule is CCC(C)SCc1noc(C(N)C2CC2)n1. The molecule has 0 aliphatic heterocycles. The topological polar surface area (TPSA) is 64.9 Å². The molecule has 1 aliphatic carbocycles. The van der Waals surface area contributed by atoms with Crippen LogP contribution < -0.4 is 5.73 Å². The molecule has 0 aromatic carbocycles. The van der Waals surface area contributed by atoms with Gasteiger partial charge in [-0.3, -0.25) is 0 Å². The third-order valence-corrected chi connectivity index (χ3v) is 4.30. The summed E-state index contributed by atoms with van der Waals surface area (Å²) in [4.78, 5) is 4.35. The number of rotatable bonds is 6. The molecular weight excluding hydrogens is 222 g/mol. The zero-order chi connectivity index (χ0) is 11.5. The van der Waals surface area contributed by atoms with Crippen LogP contribution >= 0.6 is 11.8 Å². The van der Waals surface area contributed by atoms with Gasteiger partial charge >= 0.3 is 0 Å². The summed E-state index contributed by atoms with van der Waals surface area (Å²) in [6.07, 6.45) is 3.55. The molecule has 0 amide bonds. The quantitative estimate of drug-likeness (QED) is 0.829. The Morgan fingerprint density at radius 1 is 1.56 bits per heavy atom. The Hall–Kier alpha value is -0.550. The van der Waals surface area contributed by atoms with Gasteiger partial charge in [0.25, 0.3) is 0 Å². The lowest BCUT2D eigenvalue weighted by Crippen LogP contribution is -2.12. The smallest absolute Gasteiger partial charge is 0.243 e. The van der Waals surface area contributed by atoms with Gasteiger partial charge in [0.2, 0.25) is 5.89 Å². The molecule has 4 nitrogen and oxygen atoms in total. The maximum absolute atomic E-state index is 5.99. The molecule has 1 aromatic heterocycles. The minimum atomic E-state index is -0.0464. The van der Waals surface area contributed by atoms with Crippen molar-refractivity contribution in [2.24, 2.45) is 11.7 Å². The van der Waals surface area contributed by atoms with Crippen molar-refractivity contribution in [2.75, 3.05) is 0 Å². The molecule has 1 saturated carbocycles. The van der Waals surface area contributed by atoms with Crippen LogP contribution in [-0.2, 0) is 5.75 Å². The first-order valence-electron chi connectivity index (χ1n) is 5.90. The molecule has 1 heterocycles. The van der Waals surface area contributed by atoms with Crippen molar-refractivity contribution in [3.63, 3.8) is 0 Å². The number of thioether (sulfide) groups is 1.